The van der Waals surface area contributed by atoms with Gasteiger partial charge in [0.05, 0.1) is 6.61 Å². The van der Waals surface area contributed by atoms with E-state index in [2.05, 4.69) is 5.32 Å². The van der Waals surface area contributed by atoms with Crippen LogP contribution in [0, 0.1) is 0 Å². The number of hydrogen-bond acceptors (Lipinski definition) is 3. The molecule has 0 radical (unpaired) electrons. The summed E-state index contributed by atoms with van der Waals surface area (Å²) >= 11 is 0. The van der Waals surface area contributed by atoms with E-state index in [9.17, 15) is 4.79 Å². The van der Waals surface area contributed by atoms with Crippen LogP contribution in [0.5, 0.6) is 11.5 Å². The van der Waals surface area contributed by atoms with Crippen LogP contribution in [0.25, 0.3) is 0 Å². The summed E-state index contributed by atoms with van der Waals surface area (Å²) in [6.07, 6.45) is 0.494. The monoisotopic (exact) mass is 209 g/mol. The van der Waals surface area contributed by atoms with Gasteiger partial charge >= 0.3 is 6.09 Å². The van der Waals surface area contributed by atoms with Crippen molar-refractivity contribution in [2.24, 2.45) is 0 Å². The third-order valence-corrected chi connectivity index (χ3v) is 1.71. The van der Waals surface area contributed by atoms with Gasteiger partial charge in [-0.05, 0) is 30.7 Å². The maximum Gasteiger partial charge on any atom is 0.412 e. The number of ether oxygens (including phenoxy) is 2. The first-order valence-corrected chi connectivity index (χ1v) is 4.88. The largest absolute Gasteiger partial charge is 0.494 e. The zero-order valence-corrected chi connectivity index (χ0v) is 8.95. The van der Waals surface area contributed by atoms with Crippen molar-refractivity contribution in [2.75, 3.05) is 13.7 Å². The van der Waals surface area contributed by atoms with E-state index < -0.39 is 6.09 Å². The van der Waals surface area contributed by atoms with Crippen molar-refractivity contribution >= 4 is 6.09 Å². The van der Waals surface area contributed by atoms with Gasteiger partial charge in [-0.3, -0.25) is 0 Å². The van der Waals surface area contributed by atoms with Crippen molar-refractivity contribution in [2.45, 2.75) is 13.3 Å². The number of carbonyl (C=O) groups is 1. The van der Waals surface area contributed by atoms with E-state index in [0.717, 1.165) is 12.2 Å². The summed E-state index contributed by atoms with van der Waals surface area (Å²) in [4.78, 5) is 10.9. The van der Waals surface area contributed by atoms with Gasteiger partial charge in [0.2, 0.25) is 0 Å². The minimum Gasteiger partial charge on any atom is -0.494 e. The van der Waals surface area contributed by atoms with Gasteiger partial charge in [-0.1, -0.05) is 6.92 Å². The average Bonchev–Trinajstić information content (AvgIpc) is 2.28. The van der Waals surface area contributed by atoms with Crippen LogP contribution < -0.4 is 14.8 Å². The highest BCUT2D eigenvalue weighted by atomic mass is 16.6. The molecule has 1 rings (SSSR count). The second-order valence-corrected chi connectivity index (χ2v) is 2.96. The first kappa shape index (κ1) is 11.4. The van der Waals surface area contributed by atoms with Crippen LogP contribution in [-0.2, 0) is 0 Å². The fraction of sp³-hybridized carbons (Fsp3) is 0.364. The summed E-state index contributed by atoms with van der Waals surface area (Å²) in [6.45, 7) is 2.73. The van der Waals surface area contributed by atoms with Crippen molar-refractivity contribution in [1.29, 1.82) is 0 Å². The van der Waals surface area contributed by atoms with Gasteiger partial charge in [-0.25, -0.2) is 4.79 Å². The molecular formula is C11H15NO3. The minimum absolute atomic E-state index is 0.475. The highest BCUT2D eigenvalue weighted by Gasteiger charge is 2.00. The maximum absolute atomic E-state index is 10.9. The molecule has 0 bridgehead atoms. The number of nitrogens with one attached hydrogen (secondary N) is 1. The summed E-state index contributed by atoms with van der Waals surface area (Å²) in [7, 11) is 1.51. The molecule has 0 heterocycles. The molecule has 0 aromatic heterocycles. The first-order valence-electron chi connectivity index (χ1n) is 4.88. The van der Waals surface area contributed by atoms with Gasteiger partial charge in [0.25, 0.3) is 0 Å². The number of hydrogen-bond donors (Lipinski definition) is 1. The summed E-state index contributed by atoms with van der Waals surface area (Å²) in [5.41, 5.74) is 0. The number of benzene rings is 1. The molecule has 1 aromatic rings. The Hall–Kier alpha value is -1.71. The average molecular weight is 209 g/mol. The Morgan fingerprint density at radius 1 is 1.27 bits per heavy atom. The number of amides is 1. The SMILES string of the molecule is CCCOc1ccc(OC(=O)NC)cc1. The van der Waals surface area contributed by atoms with Gasteiger partial charge in [-0.15, -0.1) is 0 Å². The molecule has 15 heavy (non-hydrogen) atoms. The lowest BCUT2D eigenvalue weighted by Gasteiger charge is -2.06. The molecule has 0 aliphatic heterocycles. The Morgan fingerprint density at radius 2 is 1.87 bits per heavy atom. The van der Waals surface area contributed by atoms with Crippen molar-refractivity contribution in [3.8, 4) is 11.5 Å². The van der Waals surface area contributed by atoms with Crippen molar-refractivity contribution in [1.82, 2.24) is 5.32 Å². The Bertz CT molecular complexity index is 308. The lowest BCUT2D eigenvalue weighted by Crippen LogP contribution is -2.21. The molecule has 0 saturated heterocycles. The predicted octanol–water partition coefficient (Wildman–Crippen LogP) is 2.19. The summed E-state index contributed by atoms with van der Waals surface area (Å²) in [5.74, 6) is 1.28. The summed E-state index contributed by atoms with van der Waals surface area (Å²) in [5, 5.41) is 2.37. The molecule has 0 atom stereocenters. The Kier molecular flexibility index (Phi) is 4.47. The van der Waals surface area contributed by atoms with E-state index in [1.54, 1.807) is 24.3 Å². The predicted molar refractivity (Wildman–Crippen MR) is 57.3 cm³/mol. The van der Waals surface area contributed by atoms with Crippen LogP contribution in [0.2, 0.25) is 0 Å². The standard InChI is InChI=1S/C11H15NO3/c1-3-8-14-9-4-6-10(7-5-9)15-11(13)12-2/h4-7H,3,8H2,1-2H3,(H,12,13). The molecule has 4 heteroatoms. The Labute approximate surface area is 89.2 Å². The van der Waals surface area contributed by atoms with Gasteiger partial charge < -0.3 is 14.8 Å². The van der Waals surface area contributed by atoms with Crippen molar-refractivity contribution in [3.05, 3.63) is 24.3 Å². The molecule has 1 N–H and O–H groups in total. The quantitative estimate of drug-likeness (QED) is 0.826. The van der Waals surface area contributed by atoms with E-state index in [0.29, 0.717) is 12.4 Å². The van der Waals surface area contributed by atoms with E-state index >= 15 is 0 Å². The molecule has 1 amide bonds. The van der Waals surface area contributed by atoms with Crippen LogP contribution in [-0.4, -0.2) is 19.7 Å². The first-order chi connectivity index (χ1) is 7.26. The lowest BCUT2D eigenvalue weighted by atomic mass is 10.3. The molecule has 0 saturated carbocycles. The fourth-order valence-corrected chi connectivity index (χ4v) is 0.982. The molecule has 0 aliphatic rings. The third-order valence-electron chi connectivity index (χ3n) is 1.71. The second-order valence-electron chi connectivity index (χ2n) is 2.96. The topological polar surface area (TPSA) is 47.6 Å². The second kappa shape index (κ2) is 5.90. The molecule has 0 spiro atoms. The Morgan fingerprint density at radius 3 is 2.40 bits per heavy atom. The smallest absolute Gasteiger partial charge is 0.412 e. The van der Waals surface area contributed by atoms with Crippen LogP contribution in [0.15, 0.2) is 24.3 Å². The van der Waals surface area contributed by atoms with Gasteiger partial charge in [0.15, 0.2) is 0 Å². The fourth-order valence-electron chi connectivity index (χ4n) is 0.982. The molecule has 4 nitrogen and oxygen atoms in total. The highest BCUT2D eigenvalue weighted by Crippen LogP contribution is 2.17. The van der Waals surface area contributed by atoms with Gasteiger partial charge in [0, 0.05) is 7.05 Å². The summed E-state index contributed by atoms with van der Waals surface area (Å²) < 4.78 is 10.3. The minimum atomic E-state index is -0.475. The van der Waals surface area contributed by atoms with E-state index in [4.69, 9.17) is 9.47 Å². The van der Waals surface area contributed by atoms with Gasteiger partial charge in [-0.2, -0.15) is 0 Å². The van der Waals surface area contributed by atoms with E-state index in [1.807, 2.05) is 6.92 Å². The van der Waals surface area contributed by atoms with Crippen LogP contribution in [0.3, 0.4) is 0 Å². The third kappa shape index (κ3) is 3.89. The molecule has 0 aliphatic carbocycles. The summed E-state index contributed by atoms with van der Waals surface area (Å²) in [6, 6.07) is 6.93. The number of carbonyl (C=O) groups excluding carboxylic acids is 1. The molecule has 0 unspecified atom stereocenters. The molecule has 0 fully saturated rings. The molecular weight excluding hydrogens is 194 g/mol. The van der Waals surface area contributed by atoms with E-state index in [-0.39, 0.29) is 0 Å². The van der Waals surface area contributed by atoms with Crippen molar-refractivity contribution < 1.29 is 14.3 Å². The zero-order chi connectivity index (χ0) is 11.1. The molecule has 1 aromatic carbocycles. The van der Waals surface area contributed by atoms with Crippen LogP contribution in [0.4, 0.5) is 4.79 Å². The molecule has 82 valence electrons. The van der Waals surface area contributed by atoms with Crippen molar-refractivity contribution in [3.63, 3.8) is 0 Å². The van der Waals surface area contributed by atoms with Crippen LogP contribution in [0.1, 0.15) is 13.3 Å². The van der Waals surface area contributed by atoms with Gasteiger partial charge in [0.1, 0.15) is 11.5 Å². The maximum atomic E-state index is 10.9. The van der Waals surface area contributed by atoms with E-state index in [1.165, 1.54) is 7.05 Å². The normalized spacial score (nSPS) is 9.47. The number of rotatable bonds is 4. The van der Waals surface area contributed by atoms with Crippen LogP contribution >= 0.6 is 0 Å². The zero-order valence-electron chi connectivity index (χ0n) is 8.95. The highest BCUT2D eigenvalue weighted by molar-refractivity contribution is 5.69. The Balaban J connectivity index is 2.52. The lowest BCUT2D eigenvalue weighted by molar-refractivity contribution is 0.203.